The van der Waals surface area contributed by atoms with Crippen LogP contribution in [0.1, 0.15) is 23.0 Å². The Kier molecular flexibility index (Phi) is 6.24. The lowest BCUT2D eigenvalue weighted by Crippen LogP contribution is -2.64. The van der Waals surface area contributed by atoms with Crippen molar-refractivity contribution in [3.05, 3.63) is 101 Å². The maximum absolute atomic E-state index is 13.9. The number of methoxy groups -OCH3 is 1. The van der Waals surface area contributed by atoms with Gasteiger partial charge in [0.1, 0.15) is 17.0 Å². The normalized spacial score (nSPS) is 17.0. The molecule has 5 rings (SSSR count). The van der Waals surface area contributed by atoms with E-state index in [1.807, 2.05) is 54.6 Å². The molecule has 0 saturated heterocycles. The van der Waals surface area contributed by atoms with Gasteiger partial charge in [-0.15, -0.1) is 0 Å². The summed E-state index contributed by atoms with van der Waals surface area (Å²) in [6.45, 7) is 2.17. The van der Waals surface area contributed by atoms with Crippen molar-refractivity contribution in [3.63, 3.8) is 0 Å². The molecule has 0 radical (unpaired) electrons. The zero-order valence-corrected chi connectivity index (χ0v) is 20.7. The van der Waals surface area contributed by atoms with Crippen LogP contribution in [0.2, 0.25) is 5.02 Å². The summed E-state index contributed by atoms with van der Waals surface area (Å²) >= 11 is 6.27. The van der Waals surface area contributed by atoms with Crippen molar-refractivity contribution >= 4 is 29.1 Å². The second-order valence-electron chi connectivity index (χ2n) is 8.83. The molecule has 182 valence electrons. The Morgan fingerprint density at radius 3 is 2.56 bits per heavy atom. The lowest BCUT2D eigenvalue weighted by atomic mass is 9.93. The minimum Gasteiger partial charge on any atom is -0.496 e. The molecule has 8 heteroatoms. The average molecular weight is 501 g/mol. The van der Waals surface area contributed by atoms with Crippen LogP contribution >= 0.6 is 11.6 Å². The summed E-state index contributed by atoms with van der Waals surface area (Å²) in [7, 11) is 1.59. The van der Waals surface area contributed by atoms with E-state index >= 15 is 0 Å². The maximum atomic E-state index is 13.9. The summed E-state index contributed by atoms with van der Waals surface area (Å²) in [5, 5.41) is 8.16. The van der Waals surface area contributed by atoms with Crippen LogP contribution in [-0.2, 0) is 17.9 Å². The monoisotopic (exact) mass is 500 g/mol. The number of aromatic nitrogens is 2. The molecule has 1 unspecified atom stereocenters. The highest BCUT2D eigenvalue weighted by Crippen LogP contribution is 2.35. The SMILES string of the molecule is COc1ccccc1CNC(=O)C1(C)Cn2nc(-c3ccccc3)cc2C(=O)N1c1cccc(Cl)c1. The van der Waals surface area contributed by atoms with Gasteiger partial charge in [-0.2, -0.15) is 5.10 Å². The molecule has 2 heterocycles. The molecule has 1 aliphatic rings. The molecule has 4 aromatic rings. The highest BCUT2D eigenvalue weighted by molar-refractivity contribution is 6.31. The highest BCUT2D eigenvalue weighted by atomic mass is 35.5. The lowest BCUT2D eigenvalue weighted by Gasteiger charge is -2.43. The maximum Gasteiger partial charge on any atom is 0.277 e. The zero-order chi connectivity index (χ0) is 25.3. The van der Waals surface area contributed by atoms with Crippen molar-refractivity contribution < 1.29 is 14.3 Å². The van der Waals surface area contributed by atoms with Gasteiger partial charge in [0.15, 0.2) is 0 Å². The van der Waals surface area contributed by atoms with E-state index in [1.165, 1.54) is 4.90 Å². The van der Waals surface area contributed by atoms with Crippen LogP contribution in [0.25, 0.3) is 11.3 Å². The van der Waals surface area contributed by atoms with Crippen molar-refractivity contribution in [1.29, 1.82) is 0 Å². The Morgan fingerprint density at radius 2 is 1.81 bits per heavy atom. The van der Waals surface area contributed by atoms with E-state index < -0.39 is 5.54 Å². The topological polar surface area (TPSA) is 76.5 Å². The van der Waals surface area contributed by atoms with Crippen molar-refractivity contribution in [1.82, 2.24) is 15.1 Å². The molecule has 0 saturated carbocycles. The first-order chi connectivity index (χ1) is 17.4. The Balaban J connectivity index is 1.54. The van der Waals surface area contributed by atoms with Crippen LogP contribution in [0.4, 0.5) is 5.69 Å². The molecule has 1 N–H and O–H groups in total. The van der Waals surface area contributed by atoms with Gasteiger partial charge < -0.3 is 10.1 Å². The van der Waals surface area contributed by atoms with Crippen LogP contribution in [0.5, 0.6) is 5.75 Å². The smallest absolute Gasteiger partial charge is 0.277 e. The Morgan fingerprint density at radius 1 is 1.06 bits per heavy atom. The number of anilines is 1. The predicted octanol–water partition coefficient (Wildman–Crippen LogP) is 4.95. The molecule has 2 amide bonds. The number of halogens is 1. The Bertz CT molecular complexity index is 1440. The number of fused-ring (bicyclic) bond motifs is 1. The number of carbonyl (C=O) groups excluding carboxylic acids is 2. The standard InChI is InChI=1S/C28H25ClN4O3/c1-28(27(35)30-17-20-11-6-7-14-25(20)36-2)18-32-24(16-23(31-32)19-9-4-3-5-10-19)26(34)33(28)22-13-8-12-21(29)15-22/h3-16H,17-18H2,1-2H3,(H,30,35). The first-order valence-electron chi connectivity index (χ1n) is 11.5. The predicted molar refractivity (Wildman–Crippen MR) is 139 cm³/mol. The molecule has 36 heavy (non-hydrogen) atoms. The highest BCUT2D eigenvalue weighted by Gasteiger charge is 2.49. The lowest BCUT2D eigenvalue weighted by molar-refractivity contribution is -0.126. The van der Waals surface area contributed by atoms with Gasteiger partial charge >= 0.3 is 0 Å². The quantitative estimate of drug-likeness (QED) is 0.406. The van der Waals surface area contributed by atoms with E-state index in [0.29, 0.717) is 27.8 Å². The van der Waals surface area contributed by atoms with Crippen LogP contribution in [0.15, 0.2) is 84.9 Å². The van der Waals surface area contributed by atoms with E-state index in [-0.39, 0.29) is 24.9 Å². The van der Waals surface area contributed by atoms with Crippen LogP contribution < -0.4 is 15.0 Å². The molecule has 1 aliphatic heterocycles. The molecule has 7 nitrogen and oxygen atoms in total. The fourth-order valence-electron chi connectivity index (χ4n) is 4.57. The van der Waals surface area contributed by atoms with Gasteiger partial charge in [0, 0.05) is 28.4 Å². The minimum atomic E-state index is -1.27. The molecule has 1 atom stereocenters. The number of para-hydroxylation sites is 1. The summed E-state index contributed by atoms with van der Waals surface area (Å²) in [6, 6.07) is 25.9. The summed E-state index contributed by atoms with van der Waals surface area (Å²) in [5.41, 5.74) is 2.07. The van der Waals surface area contributed by atoms with E-state index in [1.54, 1.807) is 49.0 Å². The number of nitrogens with zero attached hydrogens (tertiary/aromatic N) is 3. The molecule has 0 aliphatic carbocycles. The summed E-state index contributed by atoms with van der Waals surface area (Å²) in [4.78, 5) is 29.2. The molecule has 0 fully saturated rings. The van der Waals surface area contributed by atoms with Gasteiger partial charge in [-0.05, 0) is 37.3 Å². The van der Waals surface area contributed by atoms with Crippen molar-refractivity contribution in [2.45, 2.75) is 25.6 Å². The van der Waals surface area contributed by atoms with Crippen LogP contribution in [-0.4, -0.2) is 34.2 Å². The second kappa shape index (κ2) is 9.51. The summed E-state index contributed by atoms with van der Waals surface area (Å²) in [5.74, 6) is 0.0357. The number of hydrogen-bond donors (Lipinski definition) is 1. The average Bonchev–Trinajstić information content (AvgIpc) is 3.32. The van der Waals surface area contributed by atoms with Crippen molar-refractivity contribution in [3.8, 4) is 17.0 Å². The van der Waals surface area contributed by atoms with E-state index in [2.05, 4.69) is 10.4 Å². The third-order valence-corrected chi connectivity index (χ3v) is 6.65. The fraction of sp³-hybridized carbons (Fsp3) is 0.179. The molecule has 0 spiro atoms. The Labute approximate surface area is 214 Å². The molecular weight excluding hydrogens is 476 g/mol. The van der Waals surface area contributed by atoms with Gasteiger partial charge in [0.05, 0.1) is 19.3 Å². The number of carbonyl (C=O) groups is 2. The number of nitrogens with one attached hydrogen (secondary N) is 1. The van der Waals surface area contributed by atoms with Crippen molar-refractivity contribution in [2.24, 2.45) is 0 Å². The van der Waals surface area contributed by atoms with Gasteiger partial charge in [-0.3, -0.25) is 19.2 Å². The number of benzene rings is 3. The molecule has 3 aromatic carbocycles. The van der Waals surface area contributed by atoms with Crippen LogP contribution in [0, 0.1) is 0 Å². The van der Waals surface area contributed by atoms with Crippen molar-refractivity contribution in [2.75, 3.05) is 12.0 Å². The first kappa shape index (κ1) is 23.6. The van der Waals surface area contributed by atoms with Crippen LogP contribution in [0.3, 0.4) is 0 Å². The number of ether oxygens (including phenoxy) is 1. The molecule has 0 bridgehead atoms. The van der Waals surface area contributed by atoms with Gasteiger partial charge in [0.2, 0.25) is 5.91 Å². The van der Waals surface area contributed by atoms with Gasteiger partial charge in [-0.25, -0.2) is 0 Å². The van der Waals surface area contributed by atoms with E-state index in [0.717, 1.165) is 11.1 Å². The minimum absolute atomic E-state index is 0.172. The fourth-order valence-corrected chi connectivity index (χ4v) is 4.75. The largest absolute Gasteiger partial charge is 0.496 e. The molecular formula is C28H25ClN4O3. The third-order valence-electron chi connectivity index (χ3n) is 6.41. The van der Waals surface area contributed by atoms with E-state index in [4.69, 9.17) is 16.3 Å². The zero-order valence-electron chi connectivity index (χ0n) is 19.9. The Hall–Kier alpha value is -4.10. The number of hydrogen-bond acceptors (Lipinski definition) is 4. The second-order valence-corrected chi connectivity index (χ2v) is 9.26. The summed E-state index contributed by atoms with van der Waals surface area (Å²) < 4.78 is 7.04. The van der Waals surface area contributed by atoms with E-state index in [9.17, 15) is 9.59 Å². The summed E-state index contributed by atoms with van der Waals surface area (Å²) in [6.07, 6.45) is 0. The van der Waals surface area contributed by atoms with Gasteiger partial charge in [0.25, 0.3) is 5.91 Å². The first-order valence-corrected chi connectivity index (χ1v) is 11.9. The molecule has 1 aromatic heterocycles. The van der Waals surface area contributed by atoms with Gasteiger partial charge in [-0.1, -0.05) is 66.2 Å². The third kappa shape index (κ3) is 4.22. The number of rotatable bonds is 6. The number of amides is 2.